The van der Waals surface area contributed by atoms with E-state index in [0.717, 1.165) is 12.8 Å². The molecule has 6 rings (SSSR count). The van der Waals surface area contributed by atoms with E-state index in [9.17, 15) is 0 Å². The zero-order chi connectivity index (χ0) is 20.6. The maximum Gasteiger partial charge on any atom is 0.0569 e. The smallest absolute Gasteiger partial charge is 0.0569 e. The van der Waals surface area contributed by atoms with E-state index in [1.54, 1.807) is 0 Å². The van der Waals surface area contributed by atoms with Crippen LogP contribution in [0.25, 0.3) is 54.4 Å². The fourth-order valence-electron chi connectivity index (χ4n) is 5.38. The summed E-state index contributed by atoms with van der Waals surface area (Å²) in [6.45, 7) is 4.44. The van der Waals surface area contributed by atoms with Gasteiger partial charge in [-0.2, -0.15) is 0 Å². The predicted octanol–water partition coefficient (Wildman–Crippen LogP) is 7.25. The Labute approximate surface area is 176 Å². The normalized spacial score (nSPS) is 12.3. The maximum atomic E-state index is 2.38. The molecule has 0 amide bonds. The minimum atomic E-state index is 1.06. The molecule has 2 heteroatoms. The Balaban J connectivity index is 1.79. The first-order chi connectivity index (χ1) is 14.6. The minimum Gasteiger partial charge on any atom is -0.343 e. The Kier molecular flexibility index (Phi) is 3.59. The predicted molar refractivity (Wildman–Crippen MR) is 131 cm³/mol. The number of nitrogens with zero attached hydrogens (tertiary/aromatic N) is 2. The number of benzene rings is 4. The molecule has 0 aliphatic heterocycles. The lowest BCUT2D eigenvalue weighted by molar-refractivity contribution is 1.01. The Hall–Kier alpha value is -3.26. The maximum absolute atomic E-state index is 2.38. The van der Waals surface area contributed by atoms with Crippen LogP contribution in [-0.4, -0.2) is 9.13 Å². The van der Waals surface area contributed by atoms with E-state index in [1.807, 2.05) is 0 Å². The molecule has 2 nitrogen and oxygen atoms in total. The van der Waals surface area contributed by atoms with Crippen molar-refractivity contribution in [3.63, 3.8) is 0 Å². The van der Waals surface area contributed by atoms with Crippen molar-refractivity contribution in [1.29, 1.82) is 0 Å². The molecule has 6 aromatic rings. The molecule has 0 saturated heterocycles. The third-order valence-corrected chi connectivity index (χ3v) is 7.06. The van der Waals surface area contributed by atoms with Gasteiger partial charge in [0, 0.05) is 57.4 Å². The SMILES string of the molecule is CCc1ccc2c3ccc4c(ccc5c6ccc(CC)cc6n(C)c54)c3n(C)c2c1. The average Bonchev–Trinajstić information content (AvgIpc) is 3.24. The molecule has 0 bridgehead atoms. The van der Waals surface area contributed by atoms with Crippen molar-refractivity contribution in [3.8, 4) is 0 Å². The highest BCUT2D eigenvalue weighted by Gasteiger charge is 2.16. The van der Waals surface area contributed by atoms with Gasteiger partial charge in [-0.25, -0.2) is 0 Å². The second-order valence-corrected chi connectivity index (χ2v) is 8.55. The number of aryl methyl sites for hydroxylation is 4. The molecule has 0 saturated carbocycles. The highest BCUT2D eigenvalue weighted by atomic mass is 15.0. The standard InChI is InChI=1S/C28H26N2/c1-5-17-7-9-19-21-11-13-24-23(27(21)29(3)25(19)15-17)14-12-22-20-10-8-18(6-2)16-26(20)30(4)28(22)24/h7-16H,5-6H2,1-4H3. The Morgan fingerprint density at radius 2 is 0.833 bits per heavy atom. The fourth-order valence-corrected chi connectivity index (χ4v) is 5.38. The summed E-state index contributed by atoms with van der Waals surface area (Å²) < 4.78 is 4.77. The molecular weight excluding hydrogens is 364 g/mol. The van der Waals surface area contributed by atoms with Gasteiger partial charge in [0.2, 0.25) is 0 Å². The number of fused-ring (bicyclic) bond motifs is 9. The molecule has 0 radical (unpaired) electrons. The monoisotopic (exact) mass is 390 g/mol. The Morgan fingerprint density at radius 1 is 0.500 bits per heavy atom. The summed E-state index contributed by atoms with van der Waals surface area (Å²) in [5.74, 6) is 0. The number of aromatic nitrogens is 2. The molecule has 30 heavy (non-hydrogen) atoms. The molecule has 148 valence electrons. The van der Waals surface area contributed by atoms with Crippen LogP contribution in [0.4, 0.5) is 0 Å². The zero-order valence-corrected chi connectivity index (χ0v) is 18.1. The van der Waals surface area contributed by atoms with Crippen LogP contribution < -0.4 is 0 Å². The van der Waals surface area contributed by atoms with Crippen molar-refractivity contribution in [1.82, 2.24) is 9.13 Å². The molecule has 0 unspecified atom stereocenters. The van der Waals surface area contributed by atoms with E-state index >= 15 is 0 Å². The largest absolute Gasteiger partial charge is 0.343 e. The summed E-state index contributed by atoms with van der Waals surface area (Å²) in [7, 11) is 4.42. The number of rotatable bonds is 2. The first-order valence-electron chi connectivity index (χ1n) is 11.0. The Bertz CT molecular complexity index is 1500. The first kappa shape index (κ1) is 17.6. The second-order valence-electron chi connectivity index (χ2n) is 8.55. The molecule has 0 aliphatic rings. The van der Waals surface area contributed by atoms with E-state index in [0.29, 0.717) is 0 Å². The fraction of sp³-hybridized carbons (Fsp3) is 0.214. The van der Waals surface area contributed by atoms with Crippen molar-refractivity contribution in [2.24, 2.45) is 14.1 Å². The topological polar surface area (TPSA) is 9.86 Å². The van der Waals surface area contributed by atoms with Crippen molar-refractivity contribution in [2.45, 2.75) is 26.7 Å². The van der Waals surface area contributed by atoms with Crippen LogP contribution >= 0.6 is 0 Å². The highest BCUT2D eigenvalue weighted by Crippen LogP contribution is 2.39. The third-order valence-electron chi connectivity index (χ3n) is 7.06. The van der Waals surface area contributed by atoms with Crippen molar-refractivity contribution in [3.05, 3.63) is 71.8 Å². The molecule has 0 atom stereocenters. The second kappa shape index (κ2) is 6.12. The molecular formula is C28H26N2. The van der Waals surface area contributed by atoms with Gasteiger partial charge in [-0.15, -0.1) is 0 Å². The quantitative estimate of drug-likeness (QED) is 0.294. The van der Waals surface area contributed by atoms with Gasteiger partial charge in [0.1, 0.15) is 0 Å². The van der Waals surface area contributed by atoms with E-state index in [1.165, 1.54) is 65.5 Å². The van der Waals surface area contributed by atoms with Crippen LogP contribution in [0.5, 0.6) is 0 Å². The Morgan fingerprint density at radius 3 is 1.20 bits per heavy atom. The van der Waals surface area contributed by atoms with Gasteiger partial charge in [0.25, 0.3) is 0 Å². The van der Waals surface area contributed by atoms with E-state index in [2.05, 4.69) is 97.7 Å². The summed E-state index contributed by atoms with van der Waals surface area (Å²) in [5.41, 5.74) is 8.08. The van der Waals surface area contributed by atoms with Crippen LogP contribution in [0.2, 0.25) is 0 Å². The van der Waals surface area contributed by atoms with Crippen LogP contribution in [0.1, 0.15) is 25.0 Å². The summed E-state index contributed by atoms with van der Waals surface area (Å²) in [4.78, 5) is 0. The summed E-state index contributed by atoms with van der Waals surface area (Å²) >= 11 is 0. The van der Waals surface area contributed by atoms with Gasteiger partial charge < -0.3 is 9.13 Å². The van der Waals surface area contributed by atoms with Gasteiger partial charge in [-0.05, 0) is 36.1 Å². The average molecular weight is 391 g/mol. The summed E-state index contributed by atoms with van der Waals surface area (Å²) in [5, 5.41) is 8.03. The molecule has 4 aromatic carbocycles. The lowest BCUT2D eigenvalue weighted by Gasteiger charge is -2.07. The zero-order valence-electron chi connectivity index (χ0n) is 18.1. The van der Waals surface area contributed by atoms with Gasteiger partial charge in [-0.1, -0.05) is 62.4 Å². The van der Waals surface area contributed by atoms with Crippen LogP contribution in [-0.2, 0) is 26.9 Å². The van der Waals surface area contributed by atoms with Crippen molar-refractivity contribution >= 4 is 54.4 Å². The third kappa shape index (κ3) is 2.14. The van der Waals surface area contributed by atoms with Crippen LogP contribution in [0.3, 0.4) is 0 Å². The lowest BCUT2D eigenvalue weighted by atomic mass is 10.0. The van der Waals surface area contributed by atoms with Gasteiger partial charge in [0.05, 0.1) is 11.0 Å². The van der Waals surface area contributed by atoms with E-state index < -0.39 is 0 Å². The highest BCUT2D eigenvalue weighted by molar-refractivity contribution is 6.25. The lowest BCUT2D eigenvalue weighted by Crippen LogP contribution is -1.91. The van der Waals surface area contributed by atoms with Crippen molar-refractivity contribution < 1.29 is 0 Å². The van der Waals surface area contributed by atoms with E-state index in [-0.39, 0.29) is 0 Å². The van der Waals surface area contributed by atoms with Crippen molar-refractivity contribution in [2.75, 3.05) is 0 Å². The summed E-state index contributed by atoms with van der Waals surface area (Å²) in [6.07, 6.45) is 2.13. The molecule has 0 N–H and O–H groups in total. The number of hydrogen-bond acceptors (Lipinski definition) is 0. The number of hydrogen-bond donors (Lipinski definition) is 0. The molecule has 2 aromatic heterocycles. The minimum absolute atomic E-state index is 1.06. The van der Waals surface area contributed by atoms with Gasteiger partial charge >= 0.3 is 0 Å². The summed E-state index contributed by atoms with van der Waals surface area (Å²) in [6, 6.07) is 23.1. The first-order valence-corrected chi connectivity index (χ1v) is 11.0. The van der Waals surface area contributed by atoms with E-state index in [4.69, 9.17) is 0 Å². The molecule has 0 spiro atoms. The van der Waals surface area contributed by atoms with Crippen LogP contribution in [0.15, 0.2) is 60.7 Å². The molecule has 0 aliphatic carbocycles. The molecule has 0 fully saturated rings. The molecule has 2 heterocycles. The van der Waals surface area contributed by atoms with Gasteiger partial charge in [0.15, 0.2) is 0 Å². The van der Waals surface area contributed by atoms with Gasteiger partial charge in [-0.3, -0.25) is 0 Å². The van der Waals surface area contributed by atoms with Crippen LogP contribution in [0, 0.1) is 0 Å².